The van der Waals surface area contributed by atoms with Crippen LogP contribution in [-0.2, 0) is 4.79 Å². The molecule has 0 spiro atoms. The van der Waals surface area contributed by atoms with E-state index in [0.29, 0.717) is 6.54 Å². The molecule has 5 heteroatoms. The number of carbonyl (C=O) groups is 2. The zero-order valence-electron chi connectivity index (χ0n) is 12.7. The second kappa shape index (κ2) is 8.82. The zero-order valence-corrected chi connectivity index (χ0v) is 12.7. The van der Waals surface area contributed by atoms with Gasteiger partial charge in [0.2, 0.25) is 0 Å². The third kappa shape index (κ3) is 5.80. The van der Waals surface area contributed by atoms with E-state index < -0.39 is 12.0 Å². The highest BCUT2D eigenvalue weighted by molar-refractivity contribution is 5.82. The average molecular weight is 284 g/mol. The number of amides is 2. The molecular formula is C15H28N2O3. The fraction of sp³-hybridized carbons (Fsp3) is 0.867. The molecule has 3 N–H and O–H groups in total. The summed E-state index contributed by atoms with van der Waals surface area (Å²) in [5.74, 6) is -0.219. The molecule has 5 nitrogen and oxygen atoms in total. The Hall–Kier alpha value is -1.26. The van der Waals surface area contributed by atoms with Crippen molar-refractivity contribution in [1.29, 1.82) is 0 Å². The third-order valence-corrected chi connectivity index (χ3v) is 4.32. The Morgan fingerprint density at radius 2 is 1.95 bits per heavy atom. The number of carbonyl (C=O) groups excluding carboxylic acids is 1. The maximum atomic E-state index is 11.7. The van der Waals surface area contributed by atoms with Crippen molar-refractivity contribution in [3.63, 3.8) is 0 Å². The SMILES string of the molecule is CCC(C)[C@H](NC(=O)NCCCC1CCCC1)C(=O)O. The van der Waals surface area contributed by atoms with E-state index >= 15 is 0 Å². The fourth-order valence-corrected chi connectivity index (χ4v) is 2.77. The minimum Gasteiger partial charge on any atom is -0.480 e. The molecule has 0 aromatic carbocycles. The molecule has 0 saturated heterocycles. The van der Waals surface area contributed by atoms with E-state index in [0.717, 1.165) is 25.2 Å². The van der Waals surface area contributed by atoms with E-state index in [1.165, 1.54) is 25.7 Å². The van der Waals surface area contributed by atoms with Crippen LogP contribution in [0.1, 0.15) is 58.8 Å². The smallest absolute Gasteiger partial charge is 0.326 e. The van der Waals surface area contributed by atoms with Crippen LogP contribution in [0.25, 0.3) is 0 Å². The van der Waals surface area contributed by atoms with Gasteiger partial charge in [-0.05, 0) is 24.7 Å². The van der Waals surface area contributed by atoms with Gasteiger partial charge >= 0.3 is 12.0 Å². The molecule has 1 unspecified atom stereocenters. The van der Waals surface area contributed by atoms with Gasteiger partial charge < -0.3 is 15.7 Å². The largest absolute Gasteiger partial charge is 0.480 e. The second-order valence-corrected chi connectivity index (χ2v) is 5.89. The third-order valence-electron chi connectivity index (χ3n) is 4.32. The highest BCUT2D eigenvalue weighted by Gasteiger charge is 2.25. The van der Waals surface area contributed by atoms with Crippen LogP contribution < -0.4 is 10.6 Å². The van der Waals surface area contributed by atoms with E-state index in [4.69, 9.17) is 5.11 Å². The molecule has 2 atom stereocenters. The standard InChI is InChI=1S/C15H28N2O3/c1-3-11(2)13(14(18)19)17-15(20)16-10-6-9-12-7-4-5-8-12/h11-13H,3-10H2,1-2H3,(H,18,19)(H2,16,17,20)/t11?,13-/m0/s1. The van der Waals surface area contributed by atoms with Crippen LogP contribution in [0.5, 0.6) is 0 Å². The van der Waals surface area contributed by atoms with Gasteiger partial charge in [0.05, 0.1) is 0 Å². The van der Waals surface area contributed by atoms with Crippen LogP contribution in [-0.4, -0.2) is 29.7 Å². The minimum absolute atomic E-state index is 0.0725. The summed E-state index contributed by atoms with van der Waals surface area (Å²) in [5, 5.41) is 14.4. The first-order chi connectivity index (χ1) is 9.54. The van der Waals surface area contributed by atoms with Crippen molar-refractivity contribution in [2.75, 3.05) is 6.54 Å². The molecule has 1 aliphatic rings. The highest BCUT2D eigenvalue weighted by atomic mass is 16.4. The Kier molecular flexibility index (Phi) is 7.41. The van der Waals surface area contributed by atoms with Gasteiger partial charge in [0.15, 0.2) is 0 Å². The molecule has 0 heterocycles. The Bertz CT molecular complexity index is 314. The predicted octanol–water partition coefficient (Wildman–Crippen LogP) is 2.76. The molecule has 1 fully saturated rings. The van der Waals surface area contributed by atoms with Gasteiger partial charge in [-0.25, -0.2) is 9.59 Å². The lowest BCUT2D eigenvalue weighted by molar-refractivity contribution is -0.140. The van der Waals surface area contributed by atoms with Crippen molar-refractivity contribution < 1.29 is 14.7 Å². The molecule has 0 bridgehead atoms. The lowest BCUT2D eigenvalue weighted by Gasteiger charge is -2.20. The molecule has 0 radical (unpaired) electrons. The maximum Gasteiger partial charge on any atom is 0.326 e. The van der Waals surface area contributed by atoms with Crippen molar-refractivity contribution in [3.05, 3.63) is 0 Å². The molecule has 0 aromatic heterocycles. The first-order valence-corrected chi connectivity index (χ1v) is 7.81. The van der Waals surface area contributed by atoms with Crippen LogP contribution in [0.15, 0.2) is 0 Å². The van der Waals surface area contributed by atoms with Gasteiger partial charge in [-0.15, -0.1) is 0 Å². The Labute approximate surface area is 121 Å². The van der Waals surface area contributed by atoms with Gasteiger partial charge in [0, 0.05) is 6.54 Å². The maximum absolute atomic E-state index is 11.7. The van der Waals surface area contributed by atoms with E-state index in [1.807, 2.05) is 13.8 Å². The van der Waals surface area contributed by atoms with Gasteiger partial charge in [0.25, 0.3) is 0 Å². The number of carboxylic acid groups (broad SMARTS) is 1. The zero-order chi connectivity index (χ0) is 15.0. The summed E-state index contributed by atoms with van der Waals surface area (Å²) >= 11 is 0. The topological polar surface area (TPSA) is 78.4 Å². The highest BCUT2D eigenvalue weighted by Crippen LogP contribution is 2.28. The molecule has 2 amide bonds. The van der Waals surface area contributed by atoms with E-state index in [2.05, 4.69) is 10.6 Å². The molecule has 0 aliphatic heterocycles. The predicted molar refractivity (Wildman–Crippen MR) is 78.6 cm³/mol. The summed E-state index contributed by atoms with van der Waals surface area (Å²) in [5.41, 5.74) is 0. The minimum atomic E-state index is -0.972. The Balaban J connectivity index is 2.18. The fourth-order valence-electron chi connectivity index (χ4n) is 2.77. The summed E-state index contributed by atoms with van der Waals surface area (Å²) < 4.78 is 0. The lowest BCUT2D eigenvalue weighted by Crippen LogP contribution is -2.49. The van der Waals surface area contributed by atoms with Crippen LogP contribution in [0.4, 0.5) is 4.79 Å². The lowest BCUT2D eigenvalue weighted by atomic mass is 9.99. The summed E-state index contributed by atoms with van der Waals surface area (Å²) in [6.07, 6.45) is 8.18. The Morgan fingerprint density at radius 3 is 2.50 bits per heavy atom. The van der Waals surface area contributed by atoms with Gasteiger partial charge in [-0.2, -0.15) is 0 Å². The molecule has 116 valence electrons. The number of urea groups is 1. The first kappa shape index (κ1) is 16.8. The number of rotatable bonds is 8. The van der Waals surface area contributed by atoms with Crippen molar-refractivity contribution in [1.82, 2.24) is 10.6 Å². The van der Waals surface area contributed by atoms with Gasteiger partial charge in [-0.1, -0.05) is 46.0 Å². The van der Waals surface area contributed by atoms with Crippen LogP contribution >= 0.6 is 0 Å². The van der Waals surface area contributed by atoms with Crippen molar-refractivity contribution in [2.24, 2.45) is 11.8 Å². The number of hydrogen-bond donors (Lipinski definition) is 3. The molecule has 20 heavy (non-hydrogen) atoms. The van der Waals surface area contributed by atoms with Crippen LogP contribution in [0.2, 0.25) is 0 Å². The number of aliphatic carboxylic acids is 1. The molecule has 1 aliphatic carbocycles. The van der Waals surface area contributed by atoms with Gasteiger partial charge in [-0.3, -0.25) is 0 Å². The average Bonchev–Trinajstić information content (AvgIpc) is 2.93. The molecule has 0 aromatic rings. The number of nitrogens with one attached hydrogen (secondary N) is 2. The quantitative estimate of drug-likeness (QED) is 0.600. The van der Waals surface area contributed by atoms with E-state index in [1.54, 1.807) is 0 Å². The van der Waals surface area contributed by atoms with E-state index in [-0.39, 0.29) is 11.9 Å². The van der Waals surface area contributed by atoms with Crippen molar-refractivity contribution in [3.8, 4) is 0 Å². The normalized spacial score (nSPS) is 18.5. The second-order valence-electron chi connectivity index (χ2n) is 5.89. The van der Waals surface area contributed by atoms with Gasteiger partial charge in [0.1, 0.15) is 6.04 Å². The molecule has 1 rings (SSSR count). The summed E-state index contributed by atoms with van der Waals surface area (Å²) in [6, 6.07) is -1.18. The van der Waals surface area contributed by atoms with Crippen molar-refractivity contribution >= 4 is 12.0 Å². The number of carboxylic acids is 1. The molecule has 1 saturated carbocycles. The summed E-state index contributed by atoms with van der Waals surface area (Å²) in [6.45, 7) is 4.37. The summed E-state index contributed by atoms with van der Waals surface area (Å²) in [4.78, 5) is 22.8. The van der Waals surface area contributed by atoms with E-state index in [9.17, 15) is 9.59 Å². The summed E-state index contributed by atoms with van der Waals surface area (Å²) in [7, 11) is 0. The molecular weight excluding hydrogens is 256 g/mol. The Morgan fingerprint density at radius 1 is 1.30 bits per heavy atom. The van der Waals surface area contributed by atoms with Crippen LogP contribution in [0, 0.1) is 11.8 Å². The monoisotopic (exact) mass is 284 g/mol. The number of hydrogen-bond acceptors (Lipinski definition) is 2. The first-order valence-electron chi connectivity index (χ1n) is 7.81. The van der Waals surface area contributed by atoms with Crippen LogP contribution in [0.3, 0.4) is 0 Å². The van der Waals surface area contributed by atoms with Crippen molar-refractivity contribution in [2.45, 2.75) is 64.8 Å².